The summed E-state index contributed by atoms with van der Waals surface area (Å²) in [6.45, 7) is 0. The van der Waals surface area contributed by atoms with Crippen LogP contribution in [0.25, 0.3) is 32.4 Å². The Balaban J connectivity index is 0.00000205. The van der Waals surface area contributed by atoms with Crippen molar-refractivity contribution < 1.29 is 17.2 Å². The number of hydrogen-bond donors (Lipinski definition) is 1. The van der Waals surface area contributed by atoms with Gasteiger partial charge in [-0.3, -0.25) is 10.1 Å². The number of carbonyl (C=O) groups excluding carboxylic acids is 1. The number of fused-ring (bicyclic) bond motifs is 2. The van der Waals surface area contributed by atoms with Crippen LogP contribution in [0.3, 0.4) is 0 Å². The van der Waals surface area contributed by atoms with Crippen LogP contribution < -0.4 is 17.7 Å². The number of pyridine rings is 1. The Hall–Kier alpha value is -3.28. The van der Waals surface area contributed by atoms with Gasteiger partial charge in [-0.2, -0.15) is 0 Å². The zero-order valence-corrected chi connectivity index (χ0v) is 16.7. The van der Waals surface area contributed by atoms with Crippen molar-refractivity contribution >= 4 is 43.5 Å². The van der Waals surface area contributed by atoms with E-state index in [1.54, 1.807) is 0 Å². The minimum Gasteiger partial charge on any atom is -1.00 e. The summed E-state index contributed by atoms with van der Waals surface area (Å²) in [5, 5.41) is 4.37. The summed E-state index contributed by atoms with van der Waals surface area (Å²) in [4.78, 5) is 22.4. The summed E-state index contributed by atoms with van der Waals surface area (Å²) in [7, 11) is 0. The van der Waals surface area contributed by atoms with E-state index in [-0.39, 0.29) is 18.3 Å². The van der Waals surface area contributed by atoms with E-state index in [0.717, 1.165) is 32.4 Å². The molecule has 5 rings (SSSR count). The Morgan fingerprint density at radius 2 is 1.48 bits per heavy atom. The molecular formula is C23H15ClN3OS-. The molecule has 0 bridgehead atoms. The molecule has 1 N–H and O–H groups in total. The normalized spacial score (nSPS) is 10.6. The molecule has 0 aliphatic heterocycles. The van der Waals surface area contributed by atoms with Crippen LogP contribution in [0.1, 0.15) is 10.4 Å². The number of amides is 1. The van der Waals surface area contributed by atoms with Gasteiger partial charge in [0.05, 0.1) is 27.0 Å². The van der Waals surface area contributed by atoms with E-state index in [1.807, 2.05) is 84.9 Å². The standard InChI is InChI=1S/C23H15N3OS.ClH/c27-22(26-23-25-19-12-6-7-13-21(19)28-23)17-14-20(15-8-2-1-3-9-15)24-18-11-5-4-10-16(17)18;/h1-14H,(H,25,26,27);1H/p-1. The van der Waals surface area contributed by atoms with Gasteiger partial charge in [0.1, 0.15) is 0 Å². The van der Waals surface area contributed by atoms with Crippen LogP contribution in [0.5, 0.6) is 0 Å². The fourth-order valence-electron chi connectivity index (χ4n) is 3.21. The average molecular weight is 417 g/mol. The smallest absolute Gasteiger partial charge is 0.258 e. The molecule has 0 saturated carbocycles. The zero-order valence-electron chi connectivity index (χ0n) is 15.2. The third-order valence-corrected chi connectivity index (χ3v) is 5.50. The van der Waals surface area contributed by atoms with E-state index in [9.17, 15) is 4.79 Å². The summed E-state index contributed by atoms with van der Waals surface area (Å²) in [6, 6.07) is 27.3. The first-order valence-corrected chi connectivity index (χ1v) is 9.72. The topological polar surface area (TPSA) is 54.9 Å². The van der Waals surface area contributed by atoms with E-state index < -0.39 is 0 Å². The highest BCUT2D eigenvalue weighted by atomic mass is 35.5. The lowest BCUT2D eigenvalue weighted by atomic mass is 10.0. The molecule has 0 radical (unpaired) electrons. The SMILES string of the molecule is O=C(Nc1nc2ccccc2s1)c1cc(-c2ccccc2)nc2ccccc12.[Cl-]. The molecule has 0 fully saturated rings. The maximum atomic E-state index is 13.1. The van der Waals surface area contributed by atoms with Crippen LogP contribution >= 0.6 is 11.3 Å². The predicted molar refractivity (Wildman–Crippen MR) is 115 cm³/mol. The van der Waals surface area contributed by atoms with Crippen LogP contribution in [0.4, 0.5) is 5.13 Å². The predicted octanol–water partition coefficient (Wildman–Crippen LogP) is 2.77. The minimum atomic E-state index is -0.185. The van der Waals surface area contributed by atoms with Crippen LogP contribution in [-0.2, 0) is 0 Å². The van der Waals surface area contributed by atoms with Crippen molar-refractivity contribution in [2.75, 3.05) is 5.32 Å². The van der Waals surface area contributed by atoms with Gasteiger partial charge in [-0.25, -0.2) is 9.97 Å². The first kappa shape index (κ1) is 19.1. The van der Waals surface area contributed by atoms with Crippen molar-refractivity contribution in [3.8, 4) is 11.3 Å². The highest BCUT2D eigenvalue weighted by Crippen LogP contribution is 2.28. The van der Waals surface area contributed by atoms with Gasteiger partial charge in [-0.1, -0.05) is 72.0 Å². The van der Waals surface area contributed by atoms with E-state index in [2.05, 4.69) is 10.3 Å². The van der Waals surface area contributed by atoms with Gasteiger partial charge in [0.2, 0.25) is 0 Å². The number of anilines is 1. The van der Waals surface area contributed by atoms with Crippen molar-refractivity contribution in [3.05, 3.63) is 90.5 Å². The molecule has 0 saturated heterocycles. The molecule has 0 spiro atoms. The summed E-state index contributed by atoms with van der Waals surface area (Å²) < 4.78 is 1.04. The zero-order chi connectivity index (χ0) is 18.9. The van der Waals surface area contributed by atoms with Crippen LogP contribution in [0.15, 0.2) is 84.9 Å². The van der Waals surface area contributed by atoms with Gasteiger partial charge in [0, 0.05) is 10.9 Å². The number of rotatable bonds is 3. The average Bonchev–Trinajstić information content (AvgIpc) is 3.15. The number of para-hydroxylation sites is 2. The molecule has 1 amide bonds. The second kappa shape index (κ2) is 7.99. The summed E-state index contributed by atoms with van der Waals surface area (Å²) in [6.07, 6.45) is 0. The molecule has 142 valence electrons. The molecule has 0 unspecified atom stereocenters. The molecule has 6 heteroatoms. The molecule has 3 aromatic carbocycles. The van der Waals surface area contributed by atoms with Gasteiger partial charge < -0.3 is 12.4 Å². The fourth-order valence-corrected chi connectivity index (χ4v) is 4.07. The highest BCUT2D eigenvalue weighted by molar-refractivity contribution is 7.22. The summed E-state index contributed by atoms with van der Waals surface area (Å²) in [5.74, 6) is -0.185. The maximum Gasteiger partial charge on any atom is 0.258 e. The molecule has 0 aliphatic carbocycles. The number of nitrogens with zero attached hydrogens (tertiary/aromatic N) is 2. The van der Waals surface area contributed by atoms with Gasteiger partial charge in [-0.15, -0.1) is 0 Å². The summed E-state index contributed by atoms with van der Waals surface area (Å²) >= 11 is 1.47. The quantitative estimate of drug-likeness (QED) is 0.492. The van der Waals surface area contributed by atoms with Crippen LogP contribution in [-0.4, -0.2) is 15.9 Å². The Morgan fingerprint density at radius 3 is 2.28 bits per heavy atom. The highest BCUT2D eigenvalue weighted by Gasteiger charge is 2.15. The number of halogens is 1. The molecule has 29 heavy (non-hydrogen) atoms. The van der Waals surface area contributed by atoms with Gasteiger partial charge in [-0.05, 0) is 24.3 Å². The lowest BCUT2D eigenvalue weighted by Gasteiger charge is -2.09. The lowest BCUT2D eigenvalue weighted by Crippen LogP contribution is -3.00. The second-order valence-electron chi connectivity index (χ2n) is 6.38. The number of aromatic nitrogens is 2. The Kier molecular flexibility index (Phi) is 5.25. The number of nitrogens with one attached hydrogen (secondary N) is 1. The van der Waals surface area contributed by atoms with E-state index in [0.29, 0.717) is 10.7 Å². The number of benzene rings is 3. The second-order valence-corrected chi connectivity index (χ2v) is 7.41. The van der Waals surface area contributed by atoms with E-state index in [4.69, 9.17) is 4.98 Å². The first-order chi connectivity index (χ1) is 13.8. The van der Waals surface area contributed by atoms with Gasteiger partial charge in [0.25, 0.3) is 5.91 Å². The van der Waals surface area contributed by atoms with E-state index >= 15 is 0 Å². The number of hydrogen-bond acceptors (Lipinski definition) is 4. The number of thiazole rings is 1. The van der Waals surface area contributed by atoms with Crippen molar-refractivity contribution in [2.45, 2.75) is 0 Å². The molecule has 2 heterocycles. The lowest BCUT2D eigenvalue weighted by molar-refractivity contribution is -0.0000131. The molecular weight excluding hydrogens is 402 g/mol. The molecule has 4 nitrogen and oxygen atoms in total. The first-order valence-electron chi connectivity index (χ1n) is 8.90. The third-order valence-electron chi connectivity index (χ3n) is 4.54. The Labute approximate surface area is 177 Å². The minimum absolute atomic E-state index is 0. The van der Waals surface area contributed by atoms with Gasteiger partial charge in [0.15, 0.2) is 5.13 Å². The van der Waals surface area contributed by atoms with Crippen molar-refractivity contribution in [3.63, 3.8) is 0 Å². The van der Waals surface area contributed by atoms with Crippen LogP contribution in [0, 0.1) is 0 Å². The van der Waals surface area contributed by atoms with E-state index in [1.165, 1.54) is 11.3 Å². The molecule has 5 aromatic rings. The molecule has 0 atom stereocenters. The maximum absolute atomic E-state index is 13.1. The third kappa shape index (κ3) is 3.70. The van der Waals surface area contributed by atoms with Crippen molar-refractivity contribution in [1.29, 1.82) is 0 Å². The van der Waals surface area contributed by atoms with Crippen LogP contribution in [0.2, 0.25) is 0 Å². The summed E-state index contributed by atoms with van der Waals surface area (Å²) in [5.41, 5.74) is 4.01. The Bertz CT molecular complexity index is 1280. The molecule has 0 aliphatic rings. The largest absolute Gasteiger partial charge is 1.00 e. The van der Waals surface area contributed by atoms with Crippen molar-refractivity contribution in [2.24, 2.45) is 0 Å². The Morgan fingerprint density at radius 1 is 0.793 bits per heavy atom. The molecule has 2 aromatic heterocycles. The monoisotopic (exact) mass is 416 g/mol. The van der Waals surface area contributed by atoms with Gasteiger partial charge >= 0.3 is 0 Å². The van der Waals surface area contributed by atoms with Crippen molar-refractivity contribution in [1.82, 2.24) is 9.97 Å². The fraction of sp³-hybridized carbons (Fsp3) is 0. The number of carbonyl (C=O) groups is 1.